The lowest BCUT2D eigenvalue weighted by atomic mass is 10.1. The van der Waals surface area contributed by atoms with Gasteiger partial charge in [0.25, 0.3) is 0 Å². The molecule has 1 N–H and O–H groups in total. The quantitative estimate of drug-likeness (QED) is 0.893. The fourth-order valence-electron chi connectivity index (χ4n) is 2.66. The van der Waals surface area contributed by atoms with Gasteiger partial charge in [-0.1, -0.05) is 43.7 Å². The van der Waals surface area contributed by atoms with Crippen LogP contribution in [0.4, 0.5) is 0 Å². The van der Waals surface area contributed by atoms with E-state index in [1.165, 1.54) is 5.56 Å². The molecule has 0 atom stereocenters. The van der Waals surface area contributed by atoms with Gasteiger partial charge in [-0.05, 0) is 12.5 Å². The second kappa shape index (κ2) is 8.11. The van der Waals surface area contributed by atoms with Gasteiger partial charge < -0.3 is 10.2 Å². The highest BCUT2D eigenvalue weighted by molar-refractivity contribution is 5.79. The number of rotatable bonds is 5. The van der Waals surface area contributed by atoms with Crippen LogP contribution in [0.1, 0.15) is 25.0 Å². The van der Waals surface area contributed by atoms with Crippen LogP contribution in [0.5, 0.6) is 0 Å². The molecule has 1 fully saturated rings. The van der Waals surface area contributed by atoms with Crippen LogP contribution in [0.2, 0.25) is 0 Å². The molecule has 5 heteroatoms. The van der Waals surface area contributed by atoms with Crippen molar-refractivity contribution in [3.8, 4) is 0 Å². The molecule has 0 spiro atoms. The summed E-state index contributed by atoms with van der Waals surface area (Å²) in [5, 5.41) is 2.96. The molecule has 0 radical (unpaired) electrons. The van der Waals surface area contributed by atoms with Crippen molar-refractivity contribution in [1.82, 2.24) is 15.1 Å². The number of aryl methyl sites for hydroxylation is 1. The number of amides is 2. The van der Waals surface area contributed by atoms with E-state index in [0.717, 1.165) is 18.7 Å². The SMILES string of the molecule is Cc1ccc(CNC(=O)CN2CCN(C(=O)C(C)C)CC2)cc1. The van der Waals surface area contributed by atoms with E-state index in [-0.39, 0.29) is 17.7 Å². The molecular formula is C18H27N3O2. The molecule has 1 saturated heterocycles. The number of hydrogen-bond donors (Lipinski definition) is 1. The van der Waals surface area contributed by atoms with Crippen molar-refractivity contribution in [3.63, 3.8) is 0 Å². The maximum Gasteiger partial charge on any atom is 0.234 e. The molecule has 1 aromatic carbocycles. The minimum absolute atomic E-state index is 0.0363. The van der Waals surface area contributed by atoms with E-state index in [9.17, 15) is 9.59 Å². The van der Waals surface area contributed by atoms with E-state index in [1.807, 2.05) is 49.9 Å². The van der Waals surface area contributed by atoms with Crippen molar-refractivity contribution >= 4 is 11.8 Å². The van der Waals surface area contributed by atoms with Gasteiger partial charge in [-0.25, -0.2) is 0 Å². The summed E-state index contributed by atoms with van der Waals surface area (Å²) in [6.07, 6.45) is 0. The molecule has 0 bridgehead atoms. The maximum absolute atomic E-state index is 12.0. The number of hydrogen-bond acceptors (Lipinski definition) is 3. The Balaban J connectivity index is 1.70. The Kier molecular flexibility index (Phi) is 6.16. The van der Waals surface area contributed by atoms with Crippen molar-refractivity contribution in [2.75, 3.05) is 32.7 Å². The van der Waals surface area contributed by atoms with Gasteiger partial charge in [-0.2, -0.15) is 0 Å². The smallest absolute Gasteiger partial charge is 0.234 e. The zero-order valence-electron chi connectivity index (χ0n) is 14.3. The van der Waals surface area contributed by atoms with Gasteiger partial charge in [-0.3, -0.25) is 14.5 Å². The Labute approximate surface area is 138 Å². The number of nitrogens with one attached hydrogen (secondary N) is 1. The highest BCUT2D eigenvalue weighted by Crippen LogP contribution is 2.07. The van der Waals surface area contributed by atoms with Crippen LogP contribution in [0, 0.1) is 12.8 Å². The summed E-state index contributed by atoms with van der Waals surface area (Å²) in [5.41, 5.74) is 2.32. The first-order chi connectivity index (χ1) is 11.0. The third kappa shape index (κ3) is 5.36. The summed E-state index contributed by atoms with van der Waals surface area (Å²) < 4.78 is 0. The predicted octanol–water partition coefficient (Wildman–Crippen LogP) is 1.41. The number of piperazine rings is 1. The van der Waals surface area contributed by atoms with Gasteiger partial charge in [0.1, 0.15) is 0 Å². The predicted molar refractivity (Wildman–Crippen MR) is 90.9 cm³/mol. The van der Waals surface area contributed by atoms with E-state index in [0.29, 0.717) is 26.2 Å². The molecule has 0 saturated carbocycles. The summed E-state index contributed by atoms with van der Waals surface area (Å²) in [5.74, 6) is 0.280. The van der Waals surface area contributed by atoms with Gasteiger partial charge >= 0.3 is 0 Å². The molecule has 0 aromatic heterocycles. The average molecular weight is 317 g/mol. The molecule has 1 aliphatic heterocycles. The molecular weight excluding hydrogens is 290 g/mol. The van der Waals surface area contributed by atoms with E-state index in [2.05, 4.69) is 10.2 Å². The average Bonchev–Trinajstić information content (AvgIpc) is 2.54. The largest absolute Gasteiger partial charge is 0.351 e. The van der Waals surface area contributed by atoms with Crippen LogP contribution < -0.4 is 5.32 Å². The Bertz CT molecular complexity index is 532. The van der Waals surface area contributed by atoms with Crippen LogP contribution in [0.25, 0.3) is 0 Å². The van der Waals surface area contributed by atoms with Crippen molar-refractivity contribution < 1.29 is 9.59 Å². The van der Waals surface area contributed by atoms with Crippen molar-refractivity contribution in [1.29, 1.82) is 0 Å². The fourth-order valence-corrected chi connectivity index (χ4v) is 2.66. The molecule has 5 nitrogen and oxygen atoms in total. The summed E-state index contributed by atoms with van der Waals surface area (Å²) in [6.45, 7) is 9.80. The van der Waals surface area contributed by atoms with Crippen molar-refractivity contribution in [2.24, 2.45) is 5.92 Å². The van der Waals surface area contributed by atoms with Crippen LogP contribution >= 0.6 is 0 Å². The second-order valence-corrected chi connectivity index (χ2v) is 6.52. The zero-order chi connectivity index (χ0) is 16.8. The minimum atomic E-state index is 0.0363. The van der Waals surface area contributed by atoms with E-state index in [1.54, 1.807) is 0 Å². The first-order valence-corrected chi connectivity index (χ1v) is 8.29. The molecule has 126 valence electrons. The molecule has 1 aromatic rings. The topological polar surface area (TPSA) is 52.7 Å². The second-order valence-electron chi connectivity index (χ2n) is 6.52. The third-order valence-corrected chi connectivity index (χ3v) is 4.16. The molecule has 1 heterocycles. The Morgan fingerprint density at radius 3 is 2.26 bits per heavy atom. The van der Waals surface area contributed by atoms with Gasteiger partial charge in [-0.15, -0.1) is 0 Å². The fraction of sp³-hybridized carbons (Fsp3) is 0.556. The number of carbonyl (C=O) groups excluding carboxylic acids is 2. The van der Waals surface area contributed by atoms with Crippen LogP contribution in [-0.4, -0.2) is 54.3 Å². The standard InChI is InChI=1S/C18H27N3O2/c1-14(2)18(23)21-10-8-20(9-11-21)13-17(22)19-12-16-6-4-15(3)5-7-16/h4-7,14H,8-13H2,1-3H3,(H,19,22). The molecule has 2 amide bonds. The molecule has 2 rings (SSSR count). The molecule has 0 aliphatic carbocycles. The van der Waals surface area contributed by atoms with Gasteiger partial charge in [0.05, 0.1) is 6.54 Å². The summed E-state index contributed by atoms with van der Waals surface area (Å²) >= 11 is 0. The first kappa shape index (κ1) is 17.5. The number of carbonyl (C=O) groups is 2. The summed E-state index contributed by atoms with van der Waals surface area (Å²) in [7, 11) is 0. The number of benzene rings is 1. The van der Waals surface area contributed by atoms with Crippen LogP contribution in [0.15, 0.2) is 24.3 Å². The lowest BCUT2D eigenvalue weighted by Gasteiger charge is -2.35. The van der Waals surface area contributed by atoms with E-state index < -0.39 is 0 Å². The molecule has 0 unspecified atom stereocenters. The highest BCUT2D eigenvalue weighted by Gasteiger charge is 2.23. The van der Waals surface area contributed by atoms with Crippen molar-refractivity contribution in [3.05, 3.63) is 35.4 Å². The van der Waals surface area contributed by atoms with Gasteiger partial charge in [0.2, 0.25) is 11.8 Å². The summed E-state index contributed by atoms with van der Waals surface area (Å²) in [4.78, 5) is 28.0. The highest BCUT2D eigenvalue weighted by atomic mass is 16.2. The monoisotopic (exact) mass is 317 g/mol. The Hall–Kier alpha value is -1.88. The third-order valence-electron chi connectivity index (χ3n) is 4.16. The van der Waals surface area contributed by atoms with Gasteiger partial charge in [0.15, 0.2) is 0 Å². The van der Waals surface area contributed by atoms with E-state index in [4.69, 9.17) is 0 Å². The normalized spacial score (nSPS) is 15.7. The van der Waals surface area contributed by atoms with Crippen molar-refractivity contribution in [2.45, 2.75) is 27.3 Å². The van der Waals surface area contributed by atoms with Crippen LogP contribution in [0.3, 0.4) is 0 Å². The number of nitrogens with zero attached hydrogens (tertiary/aromatic N) is 2. The molecule has 23 heavy (non-hydrogen) atoms. The van der Waals surface area contributed by atoms with Crippen LogP contribution in [-0.2, 0) is 16.1 Å². The Morgan fingerprint density at radius 1 is 1.09 bits per heavy atom. The minimum Gasteiger partial charge on any atom is -0.351 e. The lowest BCUT2D eigenvalue weighted by Crippen LogP contribution is -2.51. The zero-order valence-corrected chi connectivity index (χ0v) is 14.3. The van der Waals surface area contributed by atoms with Gasteiger partial charge in [0, 0.05) is 38.6 Å². The van der Waals surface area contributed by atoms with E-state index >= 15 is 0 Å². The lowest BCUT2D eigenvalue weighted by molar-refractivity contribution is -0.136. The maximum atomic E-state index is 12.0. The molecule has 1 aliphatic rings. The first-order valence-electron chi connectivity index (χ1n) is 8.29. The summed E-state index contributed by atoms with van der Waals surface area (Å²) in [6, 6.07) is 8.16. The Morgan fingerprint density at radius 2 is 1.70 bits per heavy atom.